The summed E-state index contributed by atoms with van der Waals surface area (Å²) in [4.78, 5) is 0. The SMILES string of the molecule is OC1CCOC(c2ccc(Br)c(F)c2F)C1. The molecule has 88 valence electrons. The zero-order valence-electron chi connectivity index (χ0n) is 8.42. The number of aliphatic hydroxyl groups is 1. The second kappa shape index (κ2) is 4.77. The van der Waals surface area contributed by atoms with Crippen LogP contribution in [-0.4, -0.2) is 17.8 Å². The second-order valence-corrected chi connectivity index (χ2v) is 4.66. The van der Waals surface area contributed by atoms with Gasteiger partial charge in [-0.2, -0.15) is 0 Å². The van der Waals surface area contributed by atoms with Crippen molar-refractivity contribution < 1.29 is 18.6 Å². The van der Waals surface area contributed by atoms with Crippen LogP contribution >= 0.6 is 15.9 Å². The lowest BCUT2D eigenvalue weighted by atomic mass is 9.99. The van der Waals surface area contributed by atoms with Crippen LogP contribution in [0.15, 0.2) is 16.6 Å². The van der Waals surface area contributed by atoms with Crippen molar-refractivity contribution in [3.8, 4) is 0 Å². The Balaban J connectivity index is 2.29. The molecule has 2 atom stereocenters. The molecule has 2 nitrogen and oxygen atoms in total. The highest BCUT2D eigenvalue weighted by Crippen LogP contribution is 2.32. The van der Waals surface area contributed by atoms with Crippen molar-refractivity contribution in [1.29, 1.82) is 0 Å². The molecule has 0 bridgehead atoms. The van der Waals surface area contributed by atoms with Crippen LogP contribution in [0.25, 0.3) is 0 Å². The predicted octanol–water partition coefficient (Wildman–Crippen LogP) is 2.94. The van der Waals surface area contributed by atoms with Crippen molar-refractivity contribution in [2.24, 2.45) is 0 Å². The monoisotopic (exact) mass is 292 g/mol. The van der Waals surface area contributed by atoms with Gasteiger partial charge in [0, 0.05) is 18.6 Å². The Labute approximate surface area is 100 Å². The molecule has 0 radical (unpaired) electrons. The van der Waals surface area contributed by atoms with Crippen molar-refractivity contribution in [1.82, 2.24) is 0 Å². The zero-order valence-corrected chi connectivity index (χ0v) is 10.0. The quantitative estimate of drug-likeness (QED) is 0.807. The molecule has 0 amide bonds. The highest BCUT2D eigenvalue weighted by Gasteiger charge is 2.26. The van der Waals surface area contributed by atoms with E-state index in [1.54, 1.807) is 0 Å². The van der Waals surface area contributed by atoms with Crippen LogP contribution in [0.3, 0.4) is 0 Å². The summed E-state index contributed by atoms with van der Waals surface area (Å²) in [5, 5.41) is 9.45. The molecule has 1 aliphatic rings. The maximum absolute atomic E-state index is 13.6. The fourth-order valence-electron chi connectivity index (χ4n) is 1.79. The summed E-state index contributed by atoms with van der Waals surface area (Å²) in [5.41, 5.74) is 0.166. The molecule has 1 fully saturated rings. The molecule has 1 saturated heterocycles. The third-order valence-electron chi connectivity index (χ3n) is 2.67. The van der Waals surface area contributed by atoms with E-state index < -0.39 is 23.8 Å². The average molecular weight is 293 g/mol. The van der Waals surface area contributed by atoms with Gasteiger partial charge in [0.25, 0.3) is 0 Å². The Morgan fingerprint density at radius 3 is 2.75 bits per heavy atom. The summed E-state index contributed by atoms with van der Waals surface area (Å²) in [7, 11) is 0. The van der Waals surface area contributed by atoms with Gasteiger partial charge in [0.15, 0.2) is 11.6 Å². The van der Waals surface area contributed by atoms with E-state index in [4.69, 9.17) is 4.74 Å². The van der Waals surface area contributed by atoms with Crippen molar-refractivity contribution in [2.75, 3.05) is 6.61 Å². The van der Waals surface area contributed by atoms with Crippen LogP contribution < -0.4 is 0 Å². The Kier molecular flexibility index (Phi) is 3.56. The normalized spacial score (nSPS) is 25.8. The Bertz CT molecular complexity index is 398. The molecule has 2 rings (SSSR count). The van der Waals surface area contributed by atoms with Gasteiger partial charge in [-0.15, -0.1) is 0 Å². The van der Waals surface area contributed by atoms with Gasteiger partial charge in [-0.3, -0.25) is 0 Å². The number of halogens is 3. The molecule has 0 aliphatic carbocycles. The maximum Gasteiger partial charge on any atom is 0.173 e. The molecule has 0 aromatic heterocycles. The van der Waals surface area contributed by atoms with Gasteiger partial charge in [-0.25, -0.2) is 8.78 Å². The van der Waals surface area contributed by atoms with Gasteiger partial charge in [0.05, 0.1) is 16.7 Å². The molecule has 1 aromatic carbocycles. The van der Waals surface area contributed by atoms with E-state index >= 15 is 0 Å². The molecular formula is C11H11BrF2O2. The van der Waals surface area contributed by atoms with Gasteiger partial charge < -0.3 is 9.84 Å². The third kappa shape index (κ3) is 2.26. The molecular weight excluding hydrogens is 282 g/mol. The third-order valence-corrected chi connectivity index (χ3v) is 3.28. The van der Waals surface area contributed by atoms with Crippen LogP contribution in [-0.2, 0) is 4.74 Å². The molecule has 5 heteroatoms. The highest BCUT2D eigenvalue weighted by molar-refractivity contribution is 9.10. The fourth-order valence-corrected chi connectivity index (χ4v) is 2.09. The van der Waals surface area contributed by atoms with Gasteiger partial charge in [-0.05, 0) is 28.4 Å². The van der Waals surface area contributed by atoms with E-state index in [0.29, 0.717) is 19.4 Å². The van der Waals surface area contributed by atoms with E-state index in [1.807, 2.05) is 0 Å². The van der Waals surface area contributed by atoms with Crippen LogP contribution in [0, 0.1) is 11.6 Å². The number of ether oxygens (including phenoxy) is 1. The highest BCUT2D eigenvalue weighted by atomic mass is 79.9. The first-order valence-corrected chi connectivity index (χ1v) is 5.82. The van der Waals surface area contributed by atoms with Crippen LogP contribution in [0.1, 0.15) is 24.5 Å². The van der Waals surface area contributed by atoms with Gasteiger partial charge >= 0.3 is 0 Å². The molecule has 2 unspecified atom stereocenters. The van der Waals surface area contributed by atoms with Crippen LogP contribution in [0.5, 0.6) is 0 Å². The van der Waals surface area contributed by atoms with Gasteiger partial charge in [-0.1, -0.05) is 6.07 Å². The molecule has 1 aromatic rings. The smallest absolute Gasteiger partial charge is 0.173 e. The fraction of sp³-hybridized carbons (Fsp3) is 0.455. The van der Waals surface area contributed by atoms with Crippen molar-refractivity contribution in [3.05, 3.63) is 33.8 Å². The minimum absolute atomic E-state index is 0.0881. The average Bonchev–Trinajstić information content (AvgIpc) is 2.26. The van der Waals surface area contributed by atoms with Crippen LogP contribution in [0.2, 0.25) is 0 Å². The molecule has 1 N–H and O–H groups in total. The summed E-state index contributed by atoms with van der Waals surface area (Å²) in [6, 6.07) is 2.92. The minimum Gasteiger partial charge on any atom is -0.393 e. The Morgan fingerprint density at radius 2 is 2.06 bits per heavy atom. The number of aliphatic hydroxyl groups excluding tert-OH is 1. The molecule has 1 heterocycles. The predicted molar refractivity (Wildman–Crippen MR) is 58.0 cm³/mol. The molecule has 1 aliphatic heterocycles. The molecule has 0 saturated carbocycles. The Hall–Kier alpha value is -0.520. The summed E-state index contributed by atoms with van der Waals surface area (Å²) in [6.45, 7) is 0.364. The standard InChI is InChI=1S/C11H11BrF2O2/c12-8-2-1-7(10(13)11(8)14)9-5-6(15)3-4-16-9/h1-2,6,9,15H,3-5H2. The first kappa shape index (κ1) is 12.0. The summed E-state index contributed by atoms with van der Waals surface area (Å²) < 4.78 is 32.3. The minimum atomic E-state index is -0.916. The van der Waals surface area contributed by atoms with E-state index in [-0.39, 0.29) is 10.0 Å². The van der Waals surface area contributed by atoms with Gasteiger partial charge in [0.1, 0.15) is 0 Å². The Morgan fingerprint density at radius 1 is 1.31 bits per heavy atom. The molecule has 0 spiro atoms. The lowest BCUT2D eigenvalue weighted by molar-refractivity contribution is -0.0463. The lowest BCUT2D eigenvalue weighted by Gasteiger charge is -2.27. The van der Waals surface area contributed by atoms with Crippen molar-refractivity contribution in [3.63, 3.8) is 0 Å². The van der Waals surface area contributed by atoms with E-state index in [9.17, 15) is 13.9 Å². The summed E-state index contributed by atoms with van der Waals surface area (Å²) in [5.74, 6) is -1.82. The van der Waals surface area contributed by atoms with E-state index in [0.717, 1.165) is 0 Å². The van der Waals surface area contributed by atoms with Crippen LogP contribution in [0.4, 0.5) is 8.78 Å². The van der Waals surface area contributed by atoms with E-state index in [2.05, 4.69) is 15.9 Å². The zero-order chi connectivity index (χ0) is 11.7. The van der Waals surface area contributed by atoms with Crippen molar-refractivity contribution >= 4 is 15.9 Å². The topological polar surface area (TPSA) is 29.5 Å². The second-order valence-electron chi connectivity index (χ2n) is 3.80. The largest absolute Gasteiger partial charge is 0.393 e. The molecule has 16 heavy (non-hydrogen) atoms. The summed E-state index contributed by atoms with van der Waals surface area (Å²) in [6.07, 6.45) is -0.231. The number of hydrogen-bond donors (Lipinski definition) is 1. The first-order valence-electron chi connectivity index (χ1n) is 5.02. The number of hydrogen-bond acceptors (Lipinski definition) is 2. The maximum atomic E-state index is 13.6. The van der Waals surface area contributed by atoms with Gasteiger partial charge in [0.2, 0.25) is 0 Å². The number of rotatable bonds is 1. The van der Waals surface area contributed by atoms with Crippen molar-refractivity contribution in [2.45, 2.75) is 25.0 Å². The first-order chi connectivity index (χ1) is 7.59. The number of benzene rings is 1. The lowest BCUT2D eigenvalue weighted by Crippen LogP contribution is -2.24. The van der Waals surface area contributed by atoms with E-state index in [1.165, 1.54) is 12.1 Å². The summed E-state index contributed by atoms with van der Waals surface area (Å²) >= 11 is 2.91.